The largest absolute Gasteiger partial charge is 0.458 e. The SMILES string of the molecule is C=C(C)C(=O)Oc1ccc([S+](c2ccccc2)c2ccccc2)cc1.CCCCCCC(=O)OCC(F)(F)S(=O)(=O)O. The predicted octanol–water partition coefficient (Wildman–Crippen LogP) is 7.24. The van der Waals surface area contributed by atoms with Crippen LogP contribution < -0.4 is 4.74 Å². The van der Waals surface area contributed by atoms with E-state index in [0.29, 0.717) is 17.7 Å². The molecule has 0 bridgehead atoms. The Labute approximate surface area is 248 Å². The van der Waals surface area contributed by atoms with E-state index in [0.717, 1.165) is 19.3 Å². The normalized spacial score (nSPS) is 11.3. The lowest BCUT2D eigenvalue weighted by Gasteiger charge is -2.12. The molecule has 3 rings (SSSR count). The standard InChI is InChI=1S/C22H19O2S.C9H16F2O5S/c1-17(2)22(23)24-18-13-15-21(16-14-18)25(19-9-5-3-6-10-19)20-11-7-4-8-12-20;1-2-3-4-5-6-8(12)16-7-9(10,11)17(13,14)15/h3-16H,1H2,2H3;2-7H2,1H3,(H,13,14,15)/q+1;. The molecule has 42 heavy (non-hydrogen) atoms. The van der Waals surface area contributed by atoms with Gasteiger partial charge in [-0.1, -0.05) is 69.2 Å². The Morgan fingerprint density at radius 1 is 0.857 bits per heavy atom. The van der Waals surface area contributed by atoms with Gasteiger partial charge in [-0.25, -0.2) is 4.79 Å². The molecule has 0 unspecified atom stereocenters. The number of carbonyl (C=O) groups excluding carboxylic acids is 2. The van der Waals surface area contributed by atoms with E-state index < -0.39 is 33.9 Å². The molecule has 0 fully saturated rings. The Balaban J connectivity index is 0.000000319. The summed E-state index contributed by atoms with van der Waals surface area (Å²) in [6.07, 6.45) is 3.14. The molecule has 0 amide bonds. The highest BCUT2D eigenvalue weighted by atomic mass is 32.2. The van der Waals surface area contributed by atoms with Crippen LogP contribution in [0.4, 0.5) is 8.78 Å². The van der Waals surface area contributed by atoms with Crippen molar-refractivity contribution >= 4 is 33.0 Å². The Kier molecular flexibility index (Phi) is 13.9. The molecule has 3 aromatic carbocycles. The Morgan fingerprint density at radius 3 is 1.81 bits per heavy atom. The number of hydrogen-bond donors (Lipinski definition) is 1. The molecule has 3 aromatic rings. The van der Waals surface area contributed by atoms with Crippen molar-refractivity contribution in [2.45, 2.75) is 65.9 Å². The van der Waals surface area contributed by atoms with Gasteiger partial charge >= 0.3 is 27.3 Å². The number of ether oxygens (including phenoxy) is 2. The summed E-state index contributed by atoms with van der Waals surface area (Å²) in [5, 5.41) is -4.45. The molecule has 1 N–H and O–H groups in total. The minimum Gasteiger partial charge on any atom is -0.458 e. The molecule has 0 saturated carbocycles. The number of rotatable bonds is 13. The summed E-state index contributed by atoms with van der Waals surface area (Å²) in [6, 6.07) is 28.6. The van der Waals surface area contributed by atoms with Crippen LogP contribution in [0.25, 0.3) is 0 Å². The molecule has 0 aliphatic heterocycles. The molecule has 0 saturated heterocycles. The van der Waals surface area contributed by atoms with Crippen LogP contribution in [0.5, 0.6) is 5.75 Å². The highest BCUT2D eigenvalue weighted by Crippen LogP contribution is 2.32. The third-order valence-electron chi connectivity index (χ3n) is 5.59. The fourth-order valence-electron chi connectivity index (χ4n) is 3.37. The van der Waals surface area contributed by atoms with E-state index in [9.17, 15) is 26.8 Å². The minimum absolute atomic E-state index is 0.0401. The second kappa shape index (κ2) is 16.8. The number of carbonyl (C=O) groups is 2. The quantitative estimate of drug-likeness (QED) is 0.0535. The van der Waals surface area contributed by atoms with Gasteiger partial charge in [-0.15, -0.1) is 0 Å². The van der Waals surface area contributed by atoms with Crippen molar-refractivity contribution in [3.05, 3.63) is 97.1 Å². The number of esters is 2. The van der Waals surface area contributed by atoms with Gasteiger partial charge < -0.3 is 9.47 Å². The van der Waals surface area contributed by atoms with E-state index in [1.54, 1.807) is 6.92 Å². The molecule has 0 aromatic heterocycles. The minimum atomic E-state index is -5.54. The van der Waals surface area contributed by atoms with E-state index in [2.05, 4.69) is 59.8 Å². The Morgan fingerprint density at radius 2 is 1.36 bits per heavy atom. The van der Waals surface area contributed by atoms with Gasteiger partial charge in [-0.2, -0.15) is 17.2 Å². The molecular weight excluding hydrogens is 586 g/mol. The van der Waals surface area contributed by atoms with E-state index in [4.69, 9.17) is 9.29 Å². The average molecular weight is 622 g/mol. The van der Waals surface area contributed by atoms with Crippen LogP contribution in [-0.4, -0.2) is 36.8 Å². The number of benzene rings is 3. The highest BCUT2D eigenvalue weighted by molar-refractivity contribution is 7.97. The Hall–Kier alpha value is -3.54. The van der Waals surface area contributed by atoms with Crippen LogP contribution in [0, 0.1) is 0 Å². The number of alkyl halides is 2. The summed E-state index contributed by atoms with van der Waals surface area (Å²) in [7, 11) is -5.74. The predicted molar refractivity (Wildman–Crippen MR) is 158 cm³/mol. The lowest BCUT2D eigenvalue weighted by atomic mass is 10.2. The lowest BCUT2D eigenvalue weighted by molar-refractivity contribution is -0.149. The first-order valence-electron chi connectivity index (χ1n) is 13.2. The highest BCUT2D eigenvalue weighted by Gasteiger charge is 2.45. The van der Waals surface area contributed by atoms with Gasteiger partial charge in [0.1, 0.15) is 5.75 Å². The fourth-order valence-corrected chi connectivity index (χ4v) is 5.66. The Bertz CT molecular complexity index is 1360. The molecule has 11 heteroatoms. The van der Waals surface area contributed by atoms with Crippen molar-refractivity contribution < 1.29 is 40.8 Å². The lowest BCUT2D eigenvalue weighted by Crippen LogP contribution is -2.34. The van der Waals surface area contributed by atoms with Crippen molar-refractivity contribution in [2.24, 2.45) is 0 Å². The monoisotopic (exact) mass is 621 g/mol. The third kappa shape index (κ3) is 11.4. The second-order valence-electron chi connectivity index (χ2n) is 9.16. The molecule has 0 spiro atoms. The molecule has 0 aliphatic carbocycles. The van der Waals surface area contributed by atoms with E-state index in [-0.39, 0.29) is 17.3 Å². The van der Waals surface area contributed by atoms with Crippen molar-refractivity contribution in [3.8, 4) is 5.75 Å². The summed E-state index contributed by atoms with van der Waals surface area (Å²) in [4.78, 5) is 26.3. The zero-order valence-corrected chi connectivity index (χ0v) is 25.1. The van der Waals surface area contributed by atoms with Crippen molar-refractivity contribution in [1.82, 2.24) is 0 Å². The molecular formula is C31H35F2O7S2+. The van der Waals surface area contributed by atoms with Gasteiger partial charge in [0, 0.05) is 12.0 Å². The number of hydrogen-bond acceptors (Lipinski definition) is 6. The first-order chi connectivity index (χ1) is 19.9. The van der Waals surface area contributed by atoms with Crippen molar-refractivity contribution in [3.63, 3.8) is 0 Å². The summed E-state index contributed by atoms with van der Waals surface area (Å²) in [5.74, 6) is -0.774. The van der Waals surface area contributed by atoms with Gasteiger partial charge in [0.15, 0.2) is 21.3 Å². The van der Waals surface area contributed by atoms with Crippen LogP contribution in [0.3, 0.4) is 0 Å². The van der Waals surface area contributed by atoms with Crippen LogP contribution in [0.1, 0.15) is 46.0 Å². The fraction of sp³-hybridized carbons (Fsp3) is 0.290. The van der Waals surface area contributed by atoms with E-state index >= 15 is 0 Å². The van der Waals surface area contributed by atoms with Gasteiger partial charge in [0.2, 0.25) is 0 Å². The molecule has 0 heterocycles. The maximum Gasteiger partial charge on any atom is 0.402 e. The molecule has 7 nitrogen and oxygen atoms in total. The summed E-state index contributed by atoms with van der Waals surface area (Å²) in [5.41, 5.74) is 0.386. The van der Waals surface area contributed by atoms with Crippen LogP contribution in [0.15, 0.2) is 112 Å². The second-order valence-corrected chi connectivity index (χ2v) is 12.7. The molecule has 0 aliphatic rings. The maximum absolute atomic E-state index is 12.6. The van der Waals surface area contributed by atoms with Crippen LogP contribution in [-0.2, 0) is 35.3 Å². The topological polar surface area (TPSA) is 107 Å². The summed E-state index contributed by atoms with van der Waals surface area (Å²) < 4.78 is 63.1. The van der Waals surface area contributed by atoms with Gasteiger partial charge in [0.05, 0.1) is 10.9 Å². The van der Waals surface area contributed by atoms with Gasteiger partial charge in [-0.05, 0) is 61.9 Å². The van der Waals surface area contributed by atoms with Gasteiger partial charge in [0.25, 0.3) is 0 Å². The van der Waals surface area contributed by atoms with Crippen LogP contribution >= 0.6 is 0 Å². The summed E-state index contributed by atoms with van der Waals surface area (Å²) in [6.45, 7) is 5.56. The molecule has 0 radical (unpaired) electrons. The maximum atomic E-state index is 12.6. The average Bonchev–Trinajstić information content (AvgIpc) is 2.96. The third-order valence-corrected chi connectivity index (χ3v) is 8.69. The molecule has 226 valence electrons. The zero-order chi connectivity index (χ0) is 31.2. The number of unbranched alkanes of at least 4 members (excludes halogenated alkanes) is 3. The number of halogens is 2. The smallest absolute Gasteiger partial charge is 0.402 e. The van der Waals surface area contributed by atoms with E-state index in [1.807, 2.05) is 43.3 Å². The summed E-state index contributed by atoms with van der Waals surface area (Å²) >= 11 is 0. The van der Waals surface area contributed by atoms with E-state index in [1.165, 1.54) is 14.7 Å². The van der Waals surface area contributed by atoms with Crippen LogP contribution in [0.2, 0.25) is 0 Å². The van der Waals surface area contributed by atoms with Crippen molar-refractivity contribution in [1.29, 1.82) is 0 Å². The molecule has 0 atom stereocenters. The first kappa shape index (κ1) is 34.7. The first-order valence-corrected chi connectivity index (χ1v) is 15.8. The zero-order valence-electron chi connectivity index (χ0n) is 23.5. The van der Waals surface area contributed by atoms with Gasteiger partial charge in [-0.3, -0.25) is 9.35 Å². The van der Waals surface area contributed by atoms with Crippen molar-refractivity contribution in [2.75, 3.05) is 6.61 Å².